The third-order valence-electron chi connectivity index (χ3n) is 4.42. The predicted octanol–water partition coefficient (Wildman–Crippen LogP) is 2.46. The van der Waals surface area contributed by atoms with Gasteiger partial charge in [-0.25, -0.2) is 4.98 Å². The first kappa shape index (κ1) is 20.8. The molecule has 0 spiro atoms. The van der Waals surface area contributed by atoms with Gasteiger partial charge in [-0.2, -0.15) is 0 Å². The number of amides is 2. The van der Waals surface area contributed by atoms with Gasteiger partial charge < -0.3 is 15.2 Å². The number of nitrogens with one attached hydrogen (secondary N) is 2. The molecule has 0 radical (unpaired) electrons. The highest BCUT2D eigenvalue weighted by Gasteiger charge is 2.15. The highest BCUT2D eigenvalue weighted by atomic mass is 16.2. The summed E-state index contributed by atoms with van der Waals surface area (Å²) in [5, 5.41) is 5.77. The Kier molecular flexibility index (Phi) is 6.28. The Hall–Kier alpha value is -3.92. The molecule has 3 aromatic rings. The Morgan fingerprint density at radius 3 is 2.53 bits per heavy atom. The molecule has 0 unspecified atom stereocenters. The van der Waals surface area contributed by atoms with Crippen molar-refractivity contribution >= 4 is 28.5 Å². The van der Waals surface area contributed by atoms with Crippen LogP contribution in [0.4, 0.5) is 5.69 Å². The molecule has 1 aromatic carbocycles. The van der Waals surface area contributed by atoms with E-state index in [0.717, 1.165) is 11.3 Å². The second-order valence-electron chi connectivity index (χ2n) is 6.72. The van der Waals surface area contributed by atoms with E-state index in [4.69, 9.17) is 0 Å². The number of hydrogen-bond donors (Lipinski definition) is 2. The molecule has 3 rings (SSSR count). The molecule has 152 valence electrons. The van der Waals surface area contributed by atoms with Gasteiger partial charge in [0.2, 0.25) is 11.3 Å². The zero-order valence-corrected chi connectivity index (χ0v) is 17.1. The van der Waals surface area contributed by atoms with Gasteiger partial charge in [0.05, 0.1) is 11.9 Å². The summed E-state index contributed by atoms with van der Waals surface area (Å²) in [5.74, 6) is 5.19. The van der Waals surface area contributed by atoms with Crippen LogP contribution in [-0.2, 0) is 11.3 Å². The zero-order chi connectivity index (χ0) is 21.7. The van der Waals surface area contributed by atoms with Crippen molar-refractivity contribution < 1.29 is 9.59 Å². The van der Waals surface area contributed by atoms with E-state index >= 15 is 0 Å². The van der Waals surface area contributed by atoms with Crippen molar-refractivity contribution in [3.05, 3.63) is 69.6 Å². The average Bonchev–Trinajstić information content (AvgIpc) is 2.72. The smallest absolute Gasteiger partial charge is 0.257 e. The van der Waals surface area contributed by atoms with E-state index in [1.165, 1.54) is 6.92 Å². The molecule has 0 aliphatic rings. The maximum absolute atomic E-state index is 12.7. The molecular weight excluding hydrogens is 380 g/mol. The summed E-state index contributed by atoms with van der Waals surface area (Å²) in [7, 11) is 0. The lowest BCUT2D eigenvalue weighted by Crippen LogP contribution is -2.30. The molecule has 2 amide bonds. The lowest BCUT2D eigenvalue weighted by atomic mass is 10.1. The summed E-state index contributed by atoms with van der Waals surface area (Å²) in [4.78, 5) is 40.7. The van der Waals surface area contributed by atoms with Crippen LogP contribution < -0.4 is 16.1 Å². The maximum Gasteiger partial charge on any atom is 0.257 e. The fourth-order valence-electron chi connectivity index (χ4n) is 2.97. The van der Waals surface area contributed by atoms with Gasteiger partial charge in [-0.15, -0.1) is 0 Å². The summed E-state index contributed by atoms with van der Waals surface area (Å²) >= 11 is 0. The molecule has 2 aromatic heterocycles. The van der Waals surface area contributed by atoms with Crippen molar-refractivity contribution in [3.8, 4) is 11.8 Å². The van der Waals surface area contributed by atoms with Crippen molar-refractivity contribution in [2.75, 3.05) is 11.9 Å². The van der Waals surface area contributed by atoms with Crippen LogP contribution in [0, 0.1) is 18.8 Å². The summed E-state index contributed by atoms with van der Waals surface area (Å²) < 4.78 is 1.79. The molecule has 0 bridgehead atoms. The van der Waals surface area contributed by atoms with Crippen molar-refractivity contribution in [1.29, 1.82) is 0 Å². The molecule has 0 aliphatic carbocycles. The first-order chi connectivity index (χ1) is 14.4. The number of anilines is 1. The number of fused-ring (bicyclic) bond motifs is 1. The third kappa shape index (κ3) is 4.73. The quantitative estimate of drug-likeness (QED) is 0.656. The van der Waals surface area contributed by atoms with Gasteiger partial charge in [-0.05, 0) is 50.2 Å². The molecule has 0 saturated heterocycles. The number of aryl methyl sites for hydroxylation is 2. The highest BCUT2D eigenvalue weighted by molar-refractivity contribution is 5.97. The highest BCUT2D eigenvalue weighted by Crippen LogP contribution is 2.11. The molecule has 0 atom stereocenters. The van der Waals surface area contributed by atoms with E-state index in [1.807, 2.05) is 13.8 Å². The van der Waals surface area contributed by atoms with Crippen molar-refractivity contribution in [1.82, 2.24) is 14.9 Å². The van der Waals surface area contributed by atoms with Crippen LogP contribution in [0.1, 0.15) is 35.5 Å². The number of carbonyl (C=O) groups is 2. The van der Waals surface area contributed by atoms with Crippen LogP contribution in [0.5, 0.6) is 0 Å². The second kappa shape index (κ2) is 9.05. The fourth-order valence-corrected chi connectivity index (χ4v) is 2.97. The van der Waals surface area contributed by atoms with E-state index < -0.39 is 5.91 Å². The molecule has 7 nitrogen and oxygen atoms in total. The Bertz CT molecular complexity index is 1230. The monoisotopic (exact) mass is 402 g/mol. The average molecular weight is 402 g/mol. The molecule has 0 fully saturated rings. The fraction of sp³-hybridized carbons (Fsp3) is 0.217. The largest absolute Gasteiger partial charge is 0.341 e. The minimum atomic E-state index is -0.472. The summed E-state index contributed by atoms with van der Waals surface area (Å²) in [6, 6.07) is 10.5. The predicted molar refractivity (Wildman–Crippen MR) is 116 cm³/mol. The number of benzene rings is 1. The Balaban J connectivity index is 1.73. The van der Waals surface area contributed by atoms with Crippen LogP contribution in [-0.4, -0.2) is 27.9 Å². The minimum absolute atomic E-state index is 0.0662. The SMILES string of the molecule is CCn1cc(C(=O)NCC#Cc2ccc(NC(C)=O)cc2)c(=O)c2ccc(C)nc21. The standard InChI is InChI=1S/C23H22N4O3/c1-4-27-14-20(21(29)19-12-7-15(2)25-22(19)27)23(30)24-13-5-6-17-8-10-18(11-9-17)26-16(3)28/h7-12,14H,4,13H2,1-3H3,(H,24,30)(H,26,28). The lowest BCUT2D eigenvalue weighted by Gasteiger charge is -2.11. The van der Waals surface area contributed by atoms with E-state index in [9.17, 15) is 14.4 Å². The van der Waals surface area contributed by atoms with Crippen LogP contribution in [0.3, 0.4) is 0 Å². The topological polar surface area (TPSA) is 93.1 Å². The van der Waals surface area contributed by atoms with Gasteiger partial charge >= 0.3 is 0 Å². The molecule has 0 saturated carbocycles. The number of pyridine rings is 2. The van der Waals surface area contributed by atoms with Gasteiger partial charge in [0.25, 0.3) is 5.91 Å². The van der Waals surface area contributed by atoms with Gasteiger partial charge in [0.15, 0.2) is 0 Å². The number of aromatic nitrogens is 2. The Labute approximate surface area is 174 Å². The Morgan fingerprint density at radius 1 is 1.13 bits per heavy atom. The zero-order valence-electron chi connectivity index (χ0n) is 17.1. The second-order valence-corrected chi connectivity index (χ2v) is 6.72. The molecule has 0 aliphatic heterocycles. The molecular formula is C23H22N4O3. The van der Waals surface area contributed by atoms with Crippen molar-refractivity contribution in [2.45, 2.75) is 27.3 Å². The first-order valence-electron chi connectivity index (χ1n) is 9.54. The van der Waals surface area contributed by atoms with E-state index in [0.29, 0.717) is 23.3 Å². The van der Waals surface area contributed by atoms with Gasteiger partial charge in [-0.3, -0.25) is 14.4 Å². The van der Waals surface area contributed by atoms with Crippen LogP contribution in [0.25, 0.3) is 11.0 Å². The number of carbonyl (C=O) groups excluding carboxylic acids is 2. The summed E-state index contributed by atoms with van der Waals surface area (Å²) in [6.45, 7) is 5.91. The summed E-state index contributed by atoms with van der Waals surface area (Å²) in [5.41, 5.74) is 2.54. The van der Waals surface area contributed by atoms with Gasteiger partial charge in [-0.1, -0.05) is 11.8 Å². The number of rotatable bonds is 4. The van der Waals surface area contributed by atoms with Crippen LogP contribution >= 0.6 is 0 Å². The Morgan fingerprint density at radius 2 is 1.87 bits per heavy atom. The molecule has 2 heterocycles. The molecule has 2 N–H and O–H groups in total. The third-order valence-corrected chi connectivity index (χ3v) is 4.42. The number of nitrogens with zero attached hydrogens (tertiary/aromatic N) is 2. The molecule has 7 heteroatoms. The van der Waals surface area contributed by atoms with Gasteiger partial charge in [0.1, 0.15) is 11.2 Å². The lowest BCUT2D eigenvalue weighted by molar-refractivity contribution is -0.114. The van der Waals surface area contributed by atoms with Crippen LogP contribution in [0.15, 0.2) is 47.4 Å². The normalized spacial score (nSPS) is 10.2. The minimum Gasteiger partial charge on any atom is -0.341 e. The molecule has 30 heavy (non-hydrogen) atoms. The van der Waals surface area contributed by atoms with Crippen LogP contribution in [0.2, 0.25) is 0 Å². The van der Waals surface area contributed by atoms with E-state index in [1.54, 1.807) is 47.2 Å². The van der Waals surface area contributed by atoms with Crippen molar-refractivity contribution in [3.63, 3.8) is 0 Å². The van der Waals surface area contributed by atoms with Gasteiger partial charge in [0, 0.05) is 36.6 Å². The van der Waals surface area contributed by atoms with Crippen molar-refractivity contribution in [2.24, 2.45) is 0 Å². The number of hydrogen-bond acceptors (Lipinski definition) is 4. The van der Waals surface area contributed by atoms with E-state index in [-0.39, 0.29) is 23.4 Å². The maximum atomic E-state index is 12.7. The first-order valence-corrected chi connectivity index (χ1v) is 9.54. The van der Waals surface area contributed by atoms with E-state index in [2.05, 4.69) is 27.5 Å². The summed E-state index contributed by atoms with van der Waals surface area (Å²) in [6.07, 6.45) is 1.54.